The van der Waals surface area contributed by atoms with Crippen molar-refractivity contribution in [2.24, 2.45) is 5.92 Å². The van der Waals surface area contributed by atoms with E-state index >= 15 is 0 Å². The normalized spacial score (nSPS) is 11.6. The van der Waals surface area contributed by atoms with Gasteiger partial charge in [0.2, 0.25) is 0 Å². The maximum Gasteiger partial charge on any atom is 0.0431 e. The predicted molar refractivity (Wildman–Crippen MR) is 142 cm³/mol. The number of aliphatic hydroxyl groups excluding tert-OH is 1. The van der Waals surface area contributed by atoms with E-state index in [0.29, 0.717) is 6.61 Å². The Morgan fingerprint density at radius 1 is 0.323 bits per heavy atom. The first-order chi connectivity index (χ1) is 15.3. The summed E-state index contributed by atoms with van der Waals surface area (Å²) in [5, 5.41) is 8.76. The van der Waals surface area contributed by atoms with Crippen molar-refractivity contribution in [2.45, 2.75) is 181 Å². The Balaban J connectivity index is 2.99. The minimum Gasteiger partial charge on any atom is -0.396 e. The molecule has 1 nitrogen and oxygen atoms in total. The summed E-state index contributed by atoms with van der Waals surface area (Å²) in [6.45, 7) is 5.06. The van der Waals surface area contributed by atoms with E-state index in [9.17, 15) is 0 Å². The Bertz CT molecular complexity index is 299. The first-order valence-electron chi connectivity index (χ1n) is 14.9. The molecule has 0 unspecified atom stereocenters. The Morgan fingerprint density at radius 3 is 0.710 bits per heavy atom. The Labute approximate surface area is 198 Å². The number of rotatable bonds is 27. The summed E-state index contributed by atoms with van der Waals surface area (Å²) >= 11 is 0. The zero-order chi connectivity index (χ0) is 22.7. The molecule has 0 aromatic rings. The van der Waals surface area contributed by atoms with E-state index in [1.54, 1.807) is 0 Å². The van der Waals surface area contributed by atoms with Crippen molar-refractivity contribution in [1.29, 1.82) is 0 Å². The molecule has 0 radical (unpaired) electrons. The monoisotopic (exact) mass is 438 g/mol. The highest BCUT2D eigenvalue weighted by molar-refractivity contribution is 4.52. The van der Waals surface area contributed by atoms with Gasteiger partial charge < -0.3 is 5.11 Å². The summed E-state index contributed by atoms with van der Waals surface area (Å²) in [4.78, 5) is 0. The fourth-order valence-electron chi connectivity index (χ4n) is 4.73. The highest BCUT2D eigenvalue weighted by atomic mass is 16.2. The van der Waals surface area contributed by atoms with Gasteiger partial charge in [-0.05, 0) is 12.3 Å². The standard InChI is InChI=1S/C30H62O/c1-30(2)28-26-24-22-20-18-16-14-12-10-8-6-4-3-5-7-9-11-13-15-17-19-21-23-25-27-29-31/h30-31H,3-29H2,1-2H3. The maximum atomic E-state index is 8.76. The average molecular weight is 439 g/mol. The highest BCUT2D eigenvalue weighted by Gasteiger charge is 1.97. The van der Waals surface area contributed by atoms with Gasteiger partial charge >= 0.3 is 0 Å². The van der Waals surface area contributed by atoms with Gasteiger partial charge in [0.05, 0.1) is 0 Å². The van der Waals surface area contributed by atoms with Gasteiger partial charge in [-0.3, -0.25) is 0 Å². The van der Waals surface area contributed by atoms with E-state index in [2.05, 4.69) is 13.8 Å². The van der Waals surface area contributed by atoms with E-state index in [4.69, 9.17) is 5.11 Å². The zero-order valence-corrected chi connectivity index (χ0v) is 22.1. The fraction of sp³-hybridized carbons (Fsp3) is 1.00. The van der Waals surface area contributed by atoms with Crippen LogP contribution in [-0.4, -0.2) is 11.7 Å². The van der Waals surface area contributed by atoms with Gasteiger partial charge in [-0.1, -0.05) is 174 Å². The molecule has 188 valence electrons. The molecule has 0 amide bonds. The summed E-state index contributed by atoms with van der Waals surface area (Å²) in [5.74, 6) is 0.893. The van der Waals surface area contributed by atoms with Crippen LogP contribution in [0, 0.1) is 5.92 Å². The van der Waals surface area contributed by atoms with Crippen LogP contribution in [0.25, 0.3) is 0 Å². The molecule has 0 aromatic heterocycles. The second-order valence-electron chi connectivity index (χ2n) is 10.7. The van der Waals surface area contributed by atoms with Crippen molar-refractivity contribution in [1.82, 2.24) is 0 Å². The molecule has 0 spiro atoms. The van der Waals surface area contributed by atoms with Crippen LogP contribution in [0.4, 0.5) is 0 Å². The van der Waals surface area contributed by atoms with Crippen molar-refractivity contribution >= 4 is 0 Å². The molecule has 0 aliphatic heterocycles. The predicted octanol–water partition coefficient (Wildman–Crippen LogP) is 10.8. The molecule has 0 fully saturated rings. The van der Waals surface area contributed by atoms with Crippen LogP contribution in [0.3, 0.4) is 0 Å². The van der Waals surface area contributed by atoms with Gasteiger partial charge in [0, 0.05) is 6.61 Å². The lowest BCUT2D eigenvalue weighted by Gasteiger charge is -2.05. The number of hydrogen-bond donors (Lipinski definition) is 1. The molecular formula is C30H62O. The maximum absolute atomic E-state index is 8.76. The van der Waals surface area contributed by atoms with Crippen molar-refractivity contribution in [3.8, 4) is 0 Å². The Hall–Kier alpha value is -0.0400. The molecule has 0 saturated carbocycles. The minimum atomic E-state index is 0.374. The molecule has 1 heteroatoms. The smallest absolute Gasteiger partial charge is 0.0431 e. The van der Waals surface area contributed by atoms with Crippen molar-refractivity contribution < 1.29 is 5.11 Å². The quantitative estimate of drug-likeness (QED) is 0.126. The Kier molecular flexibility index (Phi) is 28.0. The summed E-state index contributed by atoms with van der Waals surface area (Å²) in [6.07, 6.45) is 37.1. The third-order valence-electron chi connectivity index (χ3n) is 6.94. The van der Waals surface area contributed by atoms with Gasteiger partial charge in [0.25, 0.3) is 0 Å². The van der Waals surface area contributed by atoms with Gasteiger partial charge in [0.15, 0.2) is 0 Å². The van der Waals surface area contributed by atoms with Crippen LogP contribution in [0.15, 0.2) is 0 Å². The van der Waals surface area contributed by atoms with Gasteiger partial charge in [-0.2, -0.15) is 0 Å². The van der Waals surface area contributed by atoms with Gasteiger partial charge in [-0.25, -0.2) is 0 Å². The van der Waals surface area contributed by atoms with Crippen molar-refractivity contribution in [2.75, 3.05) is 6.61 Å². The van der Waals surface area contributed by atoms with E-state index in [0.717, 1.165) is 12.3 Å². The van der Waals surface area contributed by atoms with Crippen LogP contribution in [-0.2, 0) is 0 Å². The summed E-state index contributed by atoms with van der Waals surface area (Å²) in [5.41, 5.74) is 0. The summed E-state index contributed by atoms with van der Waals surface area (Å²) in [6, 6.07) is 0. The minimum absolute atomic E-state index is 0.374. The fourth-order valence-corrected chi connectivity index (χ4v) is 4.73. The third kappa shape index (κ3) is 30.0. The lowest BCUT2D eigenvalue weighted by Crippen LogP contribution is -1.87. The molecule has 0 rings (SSSR count). The second kappa shape index (κ2) is 28.0. The molecule has 0 aliphatic rings. The van der Waals surface area contributed by atoms with E-state index in [1.807, 2.05) is 0 Å². The second-order valence-corrected chi connectivity index (χ2v) is 10.7. The molecule has 0 saturated heterocycles. The topological polar surface area (TPSA) is 20.2 Å². The first kappa shape index (κ1) is 31.0. The van der Waals surface area contributed by atoms with Crippen LogP contribution >= 0.6 is 0 Å². The van der Waals surface area contributed by atoms with Crippen molar-refractivity contribution in [3.63, 3.8) is 0 Å². The molecule has 0 atom stereocenters. The molecule has 31 heavy (non-hydrogen) atoms. The number of hydrogen-bond acceptors (Lipinski definition) is 1. The van der Waals surface area contributed by atoms with Crippen LogP contribution in [0.5, 0.6) is 0 Å². The molecular weight excluding hydrogens is 376 g/mol. The van der Waals surface area contributed by atoms with Crippen LogP contribution in [0.1, 0.15) is 181 Å². The van der Waals surface area contributed by atoms with E-state index in [-0.39, 0.29) is 0 Å². The zero-order valence-electron chi connectivity index (χ0n) is 22.1. The van der Waals surface area contributed by atoms with Crippen LogP contribution < -0.4 is 0 Å². The molecule has 0 bridgehead atoms. The lowest BCUT2D eigenvalue weighted by atomic mass is 10.0. The first-order valence-corrected chi connectivity index (χ1v) is 14.9. The van der Waals surface area contributed by atoms with E-state index in [1.165, 1.54) is 161 Å². The molecule has 1 N–H and O–H groups in total. The number of unbranched alkanes of at least 4 members (excludes halogenated alkanes) is 24. The average Bonchev–Trinajstić information content (AvgIpc) is 2.76. The molecule has 0 aromatic carbocycles. The number of aliphatic hydroxyl groups is 1. The molecule has 0 aliphatic carbocycles. The van der Waals surface area contributed by atoms with Crippen LogP contribution in [0.2, 0.25) is 0 Å². The lowest BCUT2D eigenvalue weighted by molar-refractivity contribution is 0.282. The van der Waals surface area contributed by atoms with E-state index < -0.39 is 0 Å². The van der Waals surface area contributed by atoms with Gasteiger partial charge in [-0.15, -0.1) is 0 Å². The highest BCUT2D eigenvalue weighted by Crippen LogP contribution is 2.16. The third-order valence-corrected chi connectivity index (χ3v) is 6.94. The van der Waals surface area contributed by atoms with Crippen molar-refractivity contribution in [3.05, 3.63) is 0 Å². The molecule has 0 heterocycles. The SMILES string of the molecule is CC(C)CCCCCCCCCCCCCCCCCCCCCCCCCCCO. The largest absolute Gasteiger partial charge is 0.396 e. The van der Waals surface area contributed by atoms with Gasteiger partial charge in [0.1, 0.15) is 0 Å². The summed E-state index contributed by atoms with van der Waals surface area (Å²) in [7, 11) is 0. The Morgan fingerprint density at radius 2 is 0.516 bits per heavy atom. The summed E-state index contributed by atoms with van der Waals surface area (Å²) < 4.78 is 0.